The van der Waals surface area contributed by atoms with E-state index in [1.807, 2.05) is 18.2 Å². The van der Waals surface area contributed by atoms with Crippen LogP contribution in [0.25, 0.3) is 0 Å². The highest BCUT2D eigenvalue weighted by Crippen LogP contribution is 2.46. The summed E-state index contributed by atoms with van der Waals surface area (Å²) < 4.78 is 27.9. The SMILES string of the molecule is C=S1(=O)CCOCCC[C@@H]2CC[C@H]2CN2C[C@@]3(CCCc4cc(Cl)ccc43)COc3ccc(cc32)C(=O)N1. The fourth-order valence-electron chi connectivity index (χ4n) is 6.82. The number of amides is 1. The molecule has 1 spiro atoms. The molecule has 1 saturated carbocycles. The van der Waals surface area contributed by atoms with Gasteiger partial charge in [0, 0.05) is 45.4 Å². The van der Waals surface area contributed by atoms with Crippen molar-refractivity contribution in [1.29, 1.82) is 0 Å². The van der Waals surface area contributed by atoms with E-state index in [0.29, 0.717) is 37.2 Å². The van der Waals surface area contributed by atoms with Crippen molar-refractivity contribution < 1.29 is 18.5 Å². The van der Waals surface area contributed by atoms with Crippen molar-refractivity contribution in [2.75, 3.05) is 43.6 Å². The normalized spacial score (nSPS) is 31.7. The Balaban J connectivity index is 1.39. The van der Waals surface area contributed by atoms with Crippen LogP contribution in [0, 0.1) is 11.8 Å². The molecule has 0 radical (unpaired) electrons. The third-order valence-electron chi connectivity index (χ3n) is 9.03. The average Bonchev–Trinajstić information content (AvgIpc) is 3.02. The maximum absolute atomic E-state index is 13.2. The van der Waals surface area contributed by atoms with Crippen LogP contribution in [0.2, 0.25) is 5.02 Å². The van der Waals surface area contributed by atoms with E-state index >= 15 is 0 Å². The van der Waals surface area contributed by atoms with Crippen molar-refractivity contribution >= 4 is 38.8 Å². The van der Waals surface area contributed by atoms with Gasteiger partial charge in [-0.1, -0.05) is 17.7 Å². The molecule has 6 rings (SSSR count). The lowest BCUT2D eigenvalue weighted by atomic mass is 9.69. The van der Waals surface area contributed by atoms with Gasteiger partial charge in [-0.2, -0.15) is 0 Å². The second kappa shape index (κ2) is 10.4. The lowest BCUT2D eigenvalue weighted by molar-refractivity contribution is 0.0981. The topological polar surface area (TPSA) is 67.9 Å². The number of carbonyl (C=O) groups excluding carboxylic acids is 1. The molecule has 0 saturated heterocycles. The minimum absolute atomic E-state index is 0.144. The Morgan fingerprint density at radius 1 is 1.08 bits per heavy atom. The average molecular weight is 557 g/mol. The molecule has 8 heteroatoms. The van der Waals surface area contributed by atoms with Crippen LogP contribution in [-0.2, 0) is 26.3 Å². The molecule has 204 valence electrons. The zero-order valence-electron chi connectivity index (χ0n) is 21.9. The number of benzene rings is 2. The summed E-state index contributed by atoms with van der Waals surface area (Å²) in [5.41, 5.74) is 3.94. The highest BCUT2D eigenvalue weighted by molar-refractivity contribution is 7.99. The summed E-state index contributed by atoms with van der Waals surface area (Å²) >= 11 is 6.38. The first-order valence-corrected chi connectivity index (χ1v) is 16.1. The minimum Gasteiger partial charge on any atom is -0.490 e. The standard InChI is InChI=1S/C30H37ClN2O4S/c1-38(35)15-14-36-13-3-5-21-6-7-24(21)18-33-19-30(12-2-4-22-16-25(31)9-10-26(22)30)20-37-28-11-8-23(17-27(28)33)29(34)32-38/h8-11,16-17,21,24H,1-7,12-15,18-20H2,(H,32,34,35)/t21-,24+,30+,38?/m1/s1. The highest BCUT2D eigenvalue weighted by atomic mass is 35.5. The van der Waals surface area contributed by atoms with E-state index in [4.69, 9.17) is 21.1 Å². The molecule has 1 fully saturated rings. The Labute approximate surface area is 231 Å². The lowest BCUT2D eigenvalue weighted by Gasteiger charge is -2.44. The van der Waals surface area contributed by atoms with Crippen LogP contribution in [0.15, 0.2) is 36.4 Å². The van der Waals surface area contributed by atoms with Gasteiger partial charge in [-0.25, -0.2) is 4.21 Å². The van der Waals surface area contributed by atoms with Crippen molar-refractivity contribution in [2.45, 2.75) is 50.4 Å². The van der Waals surface area contributed by atoms with Gasteiger partial charge < -0.3 is 14.4 Å². The highest BCUT2D eigenvalue weighted by Gasteiger charge is 2.43. The number of rotatable bonds is 0. The van der Waals surface area contributed by atoms with E-state index in [0.717, 1.165) is 61.7 Å². The van der Waals surface area contributed by atoms with Crippen molar-refractivity contribution in [1.82, 2.24) is 4.72 Å². The molecule has 2 aromatic rings. The molecule has 2 bridgehead atoms. The van der Waals surface area contributed by atoms with E-state index in [1.54, 1.807) is 6.07 Å². The molecule has 0 aromatic heterocycles. The summed E-state index contributed by atoms with van der Waals surface area (Å²) in [6.45, 7) is 3.34. The summed E-state index contributed by atoms with van der Waals surface area (Å²) in [7, 11) is -2.80. The Kier molecular flexibility index (Phi) is 7.12. The number of nitrogens with one attached hydrogen (secondary N) is 1. The van der Waals surface area contributed by atoms with E-state index in [2.05, 4.69) is 27.6 Å². The summed E-state index contributed by atoms with van der Waals surface area (Å²) in [6, 6.07) is 11.9. The quantitative estimate of drug-likeness (QED) is 0.462. The number of hydrogen-bond acceptors (Lipinski definition) is 5. The molecule has 6 nitrogen and oxygen atoms in total. The second-order valence-corrected chi connectivity index (χ2v) is 14.3. The molecule has 4 aliphatic rings. The van der Waals surface area contributed by atoms with Crippen molar-refractivity contribution in [2.24, 2.45) is 11.8 Å². The van der Waals surface area contributed by atoms with Crippen LogP contribution in [0.1, 0.15) is 60.0 Å². The number of hydrogen-bond donors (Lipinski definition) is 1. The lowest BCUT2D eigenvalue weighted by Crippen LogP contribution is -2.48. The number of halogens is 1. The smallest absolute Gasteiger partial charge is 0.262 e. The van der Waals surface area contributed by atoms with Gasteiger partial charge in [-0.05, 0) is 104 Å². The maximum Gasteiger partial charge on any atom is 0.262 e. The van der Waals surface area contributed by atoms with Gasteiger partial charge in [0.1, 0.15) is 5.75 Å². The van der Waals surface area contributed by atoms with Gasteiger partial charge in [0.05, 0.1) is 24.7 Å². The van der Waals surface area contributed by atoms with E-state index < -0.39 is 9.71 Å². The molecule has 1 amide bonds. The van der Waals surface area contributed by atoms with Crippen LogP contribution in [0.3, 0.4) is 0 Å². The second-order valence-electron chi connectivity index (χ2n) is 11.6. The number of anilines is 1. The van der Waals surface area contributed by atoms with Crippen molar-refractivity contribution in [3.63, 3.8) is 0 Å². The molecule has 2 heterocycles. The zero-order chi connectivity index (χ0) is 26.3. The summed E-state index contributed by atoms with van der Waals surface area (Å²) in [5, 5.41) is 0.780. The van der Waals surface area contributed by atoms with Gasteiger partial charge in [0.25, 0.3) is 5.91 Å². The van der Waals surface area contributed by atoms with E-state index in [9.17, 15) is 9.00 Å². The van der Waals surface area contributed by atoms with Gasteiger partial charge in [-0.15, -0.1) is 0 Å². The predicted molar refractivity (Wildman–Crippen MR) is 154 cm³/mol. The Morgan fingerprint density at radius 2 is 1.95 bits per heavy atom. The fraction of sp³-hybridized carbons (Fsp3) is 0.533. The molecular formula is C30H37ClN2O4S. The first-order chi connectivity index (χ1) is 18.3. The molecule has 38 heavy (non-hydrogen) atoms. The largest absolute Gasteiger partial charge is 0.490 e. The third-order valence-corrected chi connectivity index (χ3v) is 10.6. The first-order valence-electron chi connectivity index (χ1n) is 13.9. The number of ether oxygens (including phenoxy) is 2. The molecule has 4 atom stereocenters. The Bertz CT molecular complexity index is 1330. The number of aryl methyl sites for hydroxylation is 1. The minimum atomic E-state index is -2.80. The molecule has 2 aliphatic heterocycles. The zero-order valence-corrected chi connectivity index (χ0v) is 23.5. The Hall–Kier alpha value is -2.22. The molecule has 2 aliphatic carbocycles. The molecule has 2 aromatic carbocycles. The van der Waals surface area contributed by atoms with Gasteiger partial charge in [0.15, 0.2) is 0 Å². The van der Waals surface area contributed by atoms with Crippen LogP contribution < -0.4 is 14.4 Å². The molecule has 1 N–H and O–H groups in total. The first kappa shape index (κ1) is 26.0. The third kappa shape index (κ3) is 5.17. The van der Waals surface area contributed by atoms with Gasteiger partial charge in [-0.3, -0.25) is 9.52 Å². The maximum atomic E-state index is 13.2. The number of carbonyl (C=O) groups is 1. The molecule has 1 unspecified atom stereocenters. The fourth-order valence-corrected chi connectivity index (χ4v) is 7.96. The van der Waals surface area contributed by atoms with Crippen LogP contribution in [0.5, 0.6) is 5.75 Å². The Morgan fingerprint density at radius 3 is 2.79 bits per heavy atom. The monoisotopic (exact) mass is 556 g/mol. The van der Waals surface area contributed by atoms with Gasteiger partial charge >= 0.3 is 0 Å². The van der Waals surface area contributed by atoms with E-state index in [1.165, 1.54) is 24.0 Å². The predicted octanol–water partition coefficient (Wildman–Crippen LogP) is 5.01. The summed E-state index contributed by atoms with van der Waals surface area (Å²) in [4.78, 5) is 15.6. The van der Waals surface area contributed by atoms with Gasteiger partial charge in [0.2, 0.25) is 0 Å². The summed E-state index contributed by atoms with van der Waals surface area (Å²) in [6.07, 6.45) is 7.79. The molecular weight excluding hydrogens is 520 g/mol. The van der Waals surface area contributed by atoms with Crippen molar-refractivity contribution in [3.05, 3.63) is 58.1 Å². The van der Waals surface area contributed by atoms with Crippen LogP contribution >= 0.6 is 11.6 Å². The number of fused-ring (bicyclic) bond motifs is 4. The van der Waals surface area contributed by atoms with Crippen LogP contribution in [-0.4, -0.2) is 54.6 Å². The van der Waals surface area contributed by atoms with Crippen molar-refractivity contribution in [3.8, 4) is 5.75 Å². The van der Waals surface area contributed by atoms with Crippen LogP contribution in [0.4, 0.5) is 5.69 Å². The van der Waals surface area contributed by atoms with E-state index in [-0.39, 0.29) is 17.1 Å². The summed E-state index contributed by atoms with van der Waals surface area (Å²) in [5.74, 6) is 5.70. The number of nitrogens with zero attached hydrogens (tertiary/aromatic N) is 1.